The van der Waals surface area contributed by atoms with Crippen molar-refractivity contribution in [2.45, 2.75) is 33.7 Å². The van der Waals surface area contributed by atoms with E-state index in [1.54, 1.807) is 7.05 Å². The van der Waals surface area contributed by atoms with E-state index >= 15 is 0 Å². The van der Waals surface area contributed by atoms with Gasteiger partial charge < -0.3 is 15.4 Å². The summed E-state index contributed by atoms with van der Waals surface area (Å²) in [5.41, 5.74) is 1.97. The van der Waals surface area contributed by atoms with Crippen LogP contribution in [0.2, 0.25) is 0 Å². The van der Waals surface area contributed by atoms with Gasteiger partial charge in [0.2, 0.25) is 0 Å². The average molecular weight is 432 g/mol. The van der Waals surface area contributed by atoms with Crippen molar-refractivity contribution in [3.05, 3.63) is 59.7 Å². The molecule has 0 aliphatic rings. The second-order valence-corrected chi connectivity index (χ2v) is 10.6. The third-order valence-electron chi connectivity index (χ3n) is 4.75. The Morgan fingerprint density at radius 3 is 2.43 bits per heavy atom. The topological polar surface area (TPSA) is 79.8 Å². The number of rotatable bonds is 9. The summed E-state index contributed by atoms with van der Waals surface area (Å²) in [6.07, 6.45) is 1.86. The lowest BCUT2D eigenvalue weighted by Gasteiger charge is -2.26. The van der Waals surface area contributed by atoms with Crippen molar-refractivity contribution in [3.8, 4) is 11.5 Å². The van der Waals surface area contributed by atoms with Gasteiger partial charge in [0.15, 0.2) is 5.96 Å². The van der Waals surface area contributed by atoms with Crippen LogP contribution >= 0.6 is 0 Å². The summed E-state index contributed by atoms with van der Waals surface area (Å²) >= 11 is 0. The fourth-order valence-corrected chi connectivity index (χ4v) is 3.71. The molecule has 0 heterocycles. The van der Waals surface area contributed by atoms with Crippen LogP contribution in [0.25, 0.3) is 0 Å². The molecule has 0 aliphatic carbocycles. The van der Waals surface area contributed by atoms with Crippen LogP contribution in [-0.4, -0.2) is 40.0 Å². The van der Waals surface area contributed by atoms with Gasteiger partial charge in [-0.2, -0.15) is 0 Å². The van der Waals surface area contributed by atoms with E-state index in [2.05, 4.69) is 21.7 Å². The van der Waals surface area contributed by atoms with Crippen molar-refractivity contribution in [3.63, 3.8) is 0 Å². The number of nitrogens with one attached hydrogen (secondary N) is 2. The number of hydrogen-bond donors (Lipinski definition) is 2. The minimum absolute atomic E-state index is 0.174. The van der Waals surface area contributed by atoms with Crippen LogP contribution < -0.4 is 15.4 Å². The van der Waals surface area contributed by atoms with E-state index in [1.165, 1.54) is 6.26 Å². The predicted octanol–water partition coefficient (Wildman–Crippen LogP) is 3.91. The molecule has 0 saturated heterocycles. The van der Waals surface area contributed by atoms with Gasteiger partial charge in [-0.25, -0.2) is 8.42 Å². The zero-order chi connectivity index (χ0) is 22.2. The fourth-order valence-electron chi connectivity index (χ4n) is 2.79. The summed E-state index contributed by atoms with van der Waals surface area (Å²) in [7, 11) is -1.25. The fraction of sp³-hybridized carbons (Fsp3) is 0.435. The van der Waals surface area contributed by atoms with Crippen LogP contribution in [0.3, 0.4) is 0 Å². The molecule has 2 N–H and O–H groups in total. The zero-order valence-electron chi connectivity index (χ0n) is 18.5. The zero-order valence-corrected chi connectivity index (χ0v) is 19.3. The van der Waals surface area contributed by atoms with Crippen molar-refractivity contribution in [2.75, 3.05) is 25.6 Å². The summed E-state index contributed by atoms with van der Waals surface area (Å²) in [5.74, 6) is 2.43. The van der Waals surface area contributed by atoms with Gasteiger partial charge in [0, 0.05) is 32.0 Å². The molecule has 30 heavy (non-hydrogen) atoms. The maximum absolute atomic E-state index is 11.5. The number of aliphatic imine (C=N–C) groups is 1. The smallest absolute Gasteiger partial charge is 0.191 e. The number of benzene rings is 2. The third-order valence-corrected chi connectivity index (χ3v) is 5.69. The Kier molecular flexibility index (Phi) is 8.29. The molecule has 164 valence electrons. The van der Waals surface area contributed by atoms with Gasteiger partial charge in [0.1, 0.15) is 21.3 Å². The molecule has 6 nitrogen and oxygen atoms in total. The van der Waals surface area contributed by atoms with Crippen LogP contribution in [-0.2, 0) is 16.4 Å². The first kappa shape index (κ1) is 23.7. The van der Waals surface area contributed by atoms with Crippen molar-refractivity contribution in [1.29, 1.82) is 0 Å². The Morgan fingerprint density at radius 2 is 1.80 bits per heavy atom. The number of para-hydroxylation sites is 1. The number of nitrogens with zero attached hydrogens (tertiary/aromatic N) is 1. The first-order valence-corrected chi connectivity index (χ1v) is 12.1. The first-order chi connectivity index (χ1) is 14.1. The normalized spacial score (nSPS) is 12.5. The highest BCUT2D eigenvalue weighted by molar-refractivity contribution is 7.90. The largest absolute Gasteiger partial charge is 0.457 e. The maximum Gasteiger partial charge on any atom is 0.191 e. The minimum atomic E-state index is -2.97. The Hall–Kier alpha value is -2.54. The molecule has 0 amide bonds. The lowest BCUT2D eigenvalue weighted by Crippen LogP contribution is -2.42. The molecule has 2 aromatic carbocycles. The number of guanidine groups is 1. The SMILES string of the molecule is CN=C(NCc1ccc(C)cc1Oc1ccccc1)NCC(C)(C)CCS(C)(=O)=O. The van der Waals surface area contributed by atoms with E-state index in [0.717, 1.165) is 22.6 Å². The van der Waals surface area contributed by atoms with E-state index in [4.69, 9.17) is 4.74 Å². The van der Waals surface area contributed by atoms with Crippen LogP contribution in [0.4, 0.5) is 0 Å². The number of aryl methyl sites for hydroxylation is 1. The molecule has 0 bridgehead atoms. The quantitative estimate of drug-likeness (QED) is 0.465. The second-order valence-electron chi connectivity index (χ2n) is 8.35. The summed E-state index contributed by atoms with van der Waals surface area (Å²) in [6.45, 7) is 7.29. The van der Waals surface area contributed by atoms with Crippen molar-refractivity contribution in [2.24, 2.45) is 10.4 Å². The first-order valence-electron chi connectivity index (χ1n) is 10.0. The highest BCUT2D eigenvalue weighted by atomic mass is 32.2. The number of ether oxygens (including phenoxy) is 1. The van der Waals surface area contributed by atoms with Gasteiger partial charge in [0.25, 0.3) is 0 Å². The Bertz CT molecular complexity index is 955. The lowest BCUT2D eigenvalue weighted by atomic mass is 9.90. The molecule has 0 unspecified atom stereocenters. The van der Waals surface area contributed by atoms with Crippen LogP contribution in [0.5, 0.6) is 11.5 Å². The monoisotopic (exact) mass is 431 g/mol. The van der Waals surface area contributed by atoms with Crippen LogP contribution in [0.15, 0.2) is 53.5 Å². The highest BCUT2D eigenvalue weighted by Crippen LogP contribution is 2.26. The summed E-state index contributed by atoms with van der Waals surface area (Å²) in [6, 6.07) is 15.8. The van der Waals surface area contributed by atoms with E-state index in [0.29, 0.717) is 25.5 Å². The Labute approximate surface area is 180 Å². The van der Waals surface area contributed by atoms with Crippen LogP contribution in [0, 0.1) is 12.3 Å². The summed E-state index contributed by atoms with van der Waals surface area (Å²) in [5, 5.41) is 6.62. The minimum Gasteiger partial charge on any atom is -0.457 e. The number of sulfone groups is 1. The van der Waals surface area contributed by atoms with Gasteiger partial charge in [-0.3, -0.25) is 4.99 Å². The molecule has 2 rings (SSSR count). The van der Waals surface area contributed by atoms with Crippen molar-refractivity contribution < 1.29 is 13.2 Å². The molecule has 7 heteroatoms. The van der Waals surface area contributed by atoms with Crippen LogP contribution in [0.1, 0.15) is 31.4 Å². The molecule has 0 spiro atoms. The highest BCUT2D eigenvalue weighted by Gasteiger charge is 2.20. The van der Waals surface area contributed by atoms with E-state index in [-0.39, 0.29) is 11.2 Å². The third kappa shape index (κ3) is 8.45. The second kappa shape index (κ2) is 10.5. The van der Waals surface area contributed by atoms with Crippen molar-refractivity contribution >= 4 is 15.8 Å². The van der Waals surface area contributed by atoms with Gasteiger partial charge in [-0.15, -0.1) is 0 Å². The lowest BCUT2D eigenvalue weighted by molar-refractivity contribution is 0.348. The standard InChI is InChI=1S/C23H33N3O3S/c1-18-11-12-19(21(15-18)29-20-9-7-6-8-10-20)16-25-22(24-4)26-17-23(2,3)13-14-30(5,27)28/h6-12,15H,13-14,16-17H2,1-5H3,(H2,24,25,26). The molecule has 0 aromatic heterocycles. The molecule has 0 radical (unpaired) electrons. The van der Waals surface area contributed by atoms with E-state index < -0.39 is 9.84 Å². The molecular formula is C23H33N3O3S. The van der Waals surface area contributed by atoms with Gasteiger partial charge in [-0.1, -0.05) is 44.2 Å². The van der Waals surface area contributed by atoms with Gasteiger partial charge in [-0.05, 0) is 42.5 Å². The van der Waals surface area contributed by atoms with E-state index in [9.17, 15) is 8.42 Å². The van der Waals surface area contributed by atoms with E-state index in [1.807, 2.05) is 63.2 Å². The summed E-state index contributed by atoms with van der Waals surface area (Å²) in [4.78, 5) is 4.28. The summed E-state index contributed by atoms with van der Waals surface area (Å²) < 4.78 is 29.0. The molecule has 0 aliphatic heterocycles. The molecule has 0 atom stereocenters. The predicted molar refractivity (Wildman–Crippen MR) is 124 cm³/mol. The number of hydrogen-bond acceptors (Lipinski definition) is 4. The van der Waals surface area contributed by atoms with Gasteiger partial charge >= 0.3 is 0 Å². The van der Waals surface area contributed by atoms with Gasteiger partial charge in [0.05, 0.1) is 5.75 Å². The molecule has 0 saturated carbocycles. The molecule has 0 fully saturated rings. The van der Waals surface area contributed by atoms with Crippen molar-refractivity contribution in [1.82, 2.24) is 10.6 Å². The Balaban J connectivity index is 1.98. The maximum atomic E-state index is 11.5. The average Bonchev–Trinajstić information content (AvgIpc) is 2.68. The molecule has 2 aromatic rings. The Morgan fingerprint density at radius 1 is 1.10 bits per heavy atom. The molecular weight excluding hydrogens is 398 g/mol.